The molecule has 0 atom stereocenters. The highest BCUT2D eigenvalue weighted by Gasteiger charge is 2.24. The van der Waals surface area contributed by atoms with Crippen LogP contribution in [0.3, 0.4) is 0 Å². The number of thiazole rings is 1. The van der Waals surface area contributed by atoms with Gasteiger partial charge in [0, 0.05) is 42.3 Å². The first-order chi connectivity index (χ1) is 11.3. The second-order valence-electron chi connectivity index (χ2n) is 5.41. The molecule has 1 fully saturated rings. The molecule has 0 radical (unpaired) electrons. The van der Waals surface area contributed by atoms with Crippen LogP contribution in [0.2, 0.25) is 0 Å². The summed E-state index contributed by atoms with van der Waals surface area (Å²) in [6, 6.07) is 8.11. The number of hydrogen-bond acceptors (Lipinski definition) is 6. The molecule has 1 aliphatic heterocycles. The third-order valence-corrected chi connectivity index (χ3v) is 4.66. The molecule has 6 nitrogen and oxygen atoms in total. The normalized spacial score (nSPS) is 15.1. The molecule has 1 amide bonds. The summed E-state index contributed by atoms with van der Waals surface area (Å²) in [5.41, 5.74) is 2.23. The SMILES string of the molecule is O=C(c1cscn1)N1CCN(c2nncc3ccccc23)CC1. The minimum Gasteiger partial charge on any atom is -0.351 e. The lowest BCUT2D eigenvalue weighted by Crippen LogP contribution is -2.49. The summed E-state index contributed by atoms with van der Waals surface area (Å²) in [4.78, 5) is 20.5. The van der Waals surface area contributed by atoms with E-state index in [1.165, 1.54) is 11.3 Å². The Morgan fingerprint density at radius 2 is 1.96 bits per heavy atom. The third-order valence-electron chi connectivity index (χ3n) is 4.07. The fourth-order valence-electron chi connectivity index (χ4n) is 2.85. The molecule has 1 aliphatic rings. The maximum atomic E-state index is 12.3. The van der Waals surface area contributed by atoms with Crippen LogP contribution >= 0.6 is 11.3 Å². The Bertz CT molecular complexity index is 822. The van der Waals surface area contributed by atoms with Crippen molar-refractivity contribution in [2.24, 2.45) is 0 Å². The fourth-order valence-corrected chi connectivity index (χ4v) is 3.37. The van der Waals surface area contributed by atoms with Gasteiger partial charge in [-0.25, -0.2) is 4.98 Å². The Labute approximate surface area is 137 Å². The second-order valence-corrected chi connectivity index (χ2v) is 6.13. The molecule has 1 saturated heterocycles. The number of rotatable bonds is 2. The van der Waals surface area contributed by atoms with Crippen LogP contribution in [0.5, 0.6) is 0 Å². The molecule has 0 N–H and O–H groups in total. The number of carbonyl (C=O) groups is 1. The second kappa shape index (κ2) is 5.92. The van der Waals surface area contributed by atoms with E-state index in [4.69, 9.17) is 0 Å². The van der Waals surface area contributed by atoms with Gasteiger partial charge in [-0.2, -0.15) is 5.10 Å². The third kappa shape index (κ3) is 2.63. The fraction of sp³-hybridized carbons (Fsp3) is 0.250. The first-order valence-corrected chi connectivity index (χ1v) is 8.40. The zero-order valence-corrected chi connectivity index (χ0v) is 13.2. The van der Waals surface area contributed by atoms with E-state index in [1.807, 2.05) is 23.1 Å². The predicted octanol–water partition coefficient (Wildman–Crippen LogP) is 2.05. The number of amides is 1. The molecule has 3 heterocycles. The first-order valence-electron chi connectivity index (χ1n) is 7.46. The van der Waals surface area contributed by atoms with Crippen LogP contribution in [0.1, 0.15) is 10.5 Å². The molecule has 3 aromatic rings. The van der Waals surface area contributed by atoms with Gasteiger partial charge in [0.25, 0.3) is 5.91 Å². The largest absolute Gasteiger partial charge is 0.351 e. The van der Waals surface area contributed by atoms with E-state index < -0.39 is 0 Å². The van der Waals surface area contributed by atoms with Gasteiger partial charge in [-0.15, -0.1) is 16.4 Å². The van der Waals surface area contributed by atoms with E-state index in [0.717, 1.165) is 29.7 Å². The lowest BCUT2D eigenvalue weighted by molar-refractivity contribution is 0.0741. The van der Waals surface area contributed by atoms with Crippen LogP contribution in [-0.4, -0.2) is 52.2 Å². The number of anilines is 1. The smallest absolute Gasteiger partial charge is 0.273 e. The van der Waals surface area contributed by atoms with Gasteiger partial charge in [0.2, 0.25) is 0 Å². The molecule has 1 aromatic carbocycles. The molecule has 7 heteroatoms. The summed E-state index contributed by atoms with van der Waals surface area (Å²) < 4.78 is 0. The van der Waals surface area contributed by atoms with Gasteiger partial charge in [0.15, 0.2) is 5.82 Å². The van der Waals surface area contributed by atoms with Crippen LogP contribution in [0, 0.1) is 0 Å². The summed E-state index contributed by atoms with van der Waals surface area (Å²) in [7, 11) is 0. The predicted molar refractivity (Wildman–Crippen MR) is 89.8 cm³/mol. The van der Waals surface area contributed by atoms with Crippen LogP contribution in [0.15, 0.2) is 41.4 Å². The highest BCUT2D eigenvalue weighted by atomic mass is 32.1. The summed E-state index contributed by atoms with van der Waals surface area (Å²) >= 11 is 1.44. The molecule has 0 saturated carbocycles. The van der Waals surface area contributed by atoms with Crippen molar-refractivity contribution >= 4 is 33.8 Å². The number of piperazine rings is 1. The lowest BCUT2D eigenvalue weighted by atomic mass is 10.1. The van der Waals surface area contributed by atoms with Gasteiger partial charge < -0.3 is 9.80 Å². The average Bonchev–Trinajstić information content (AvgIpc) is 3.15. The van der Waals surface area contributed by atoms with E-state index in [9.17, 15) is 4.79 Å². The monoisotopic (exact) mass is 325 g/mol. The summed E-state index contributed by atoms with van der Waals surface area (Å²) in [6.45, 7) is 2.83. The van der Waals surface area contributed by atoms with Crippen LogP contribution in [0.25, 0.3) is 10.8 Å². The van der Waals surface area contributed by atoms with Crippen LogP contribution in [0.4, 0.5) is 5.82 Å². The van der Waals surface area contributed by atoms with Gasteiger partial charge in [-0.1, -0.05) is 24.3 Å². The maximum absolute atomic E-state index is 12.3. The van der Waals surface area contributed by atoms with Gasteiger partial charge in [0.05, 0.1) is 11.7 Å². The Hall–Kier alpha value is -2.54. The summed E-state index contributed by atoms with van der Waals surface area (Å²) in [6.07, 6.45) is 1.78. The zero-order chi connectivity index (χ0) is 15.6. The Morgan fingerprint density at radius 3 is 2.74 bits per heavy atom. The van der Waals surface area contributed by atoms with Crippen molar-refractivity contribution in [1.29, 1.82) is 0 Å². The number of nitrogens with zero attached hydrogens (tertiary/aromatic N) is 5. The van der Waals surface area contributed by atoms with E-state index >= 15 is 0 Å². The highest BCUT2D eigenvalue weighted by Crippen LogP contribution is 2.24. The Kier molecular flexibility index (Phi) is 3.63. The first kappa shape index (κ1) is 14.1. The number of fused-ring (bicyclic) bond motifs is 1. The Balaban J connectivity index is 1.52. The minimum absolute atomic E-state index is 0.00917. The van der Waals surface area contributed by atoms with Crippen molar-refractivity contribution in [1.82, 2.24) is 20.1 Å². The summed E-state index contributed by atoms with van der Waals surface area (Å²) in [5, 5.41) is 12.4. The maximum Gasteiger partial charge on any atom is 0.273 e. The van der Waals surface area contributed by atoms with Crippen molar-refractivity contribution in [3.8, 4) is 0 Å². The lowest BCUT2D eigenvalue weighted by Gasteiger charge is -2.35. The number of hydrogen-bond donors (Lipinski definition) is 0. The van der Waals surface area contributed by atoms with Crippen molar-refractivity contribution in [3.63, 3.8) is 0 Å². The molecule has 4 rings (SSSR count). The minimum atomic E-state index is 0.00917. The van der Waals surface area contributed by atoms with Crippen molar-refractivity contribution < 1.29 is 4.79 Å². The van der Waals surface area contributed by atoms with E-state index in [-0.39, 0.29) is 5.91 Å². The molecule has 116 valence electrons. The quantitative estimate of drug-likeness (QED) is 0.721. The van der Waals surface area contributed by atoms with Gasteiger partial charge in [0.1, 0.15) is 5.69 Å². The van der Waals surface area contributed by atoms with Crippen molar-refractivity contribution in [2.45, 2.75) is 0 Å². The molecule has 0 bridgehead atoms. The van der Waals surface area contributed by atoms with Crippen LogP contribution < -0.4 is 4.90 Å². The molecule has 2 aromatic heterocycles. The van der Waals surface area contributed by atoms with Gasteiger partial charge in [-0.3, -0.25) is 4.79 Å². The Morgan fingerprint density at radius 1 is 1.13 bits per heavy atom. The van der Waals surface area contributed by atoms with Gasteiger partial charge in [-0.05, 0) is 0 Å². The van der Waals surface area contributed by atoms with Gasteiger partial charge >= 0.3 is 0 Å². The zero-order valence-electron chi connectivity index (χ0n) is 12.4. The van der Waals surface area contributed by atoms with Crippen molar-refractivity contribution in [3.05, 3.63) is 47.0 Å². The topological polar surface area (TPSA) is 62.2 Å². The molecule has 0 spiro atoms. The highest BCUT2D eigenvalue weighted by molar-refractivity contribution is 7.07. The van der Waals surface area contributed by atoms with E-state index in [1.54, 1.807) is 17.1 Å². The number of benzene rings is 1. The van der Waals surface area contributed by atoms with E-state index in [0.29, 0.717) is 18.8 Å². The molecule has 0 aliphatic carbocycles. The summed E-state index contributed by atoms with van der Waals surface area (Å²) in [5.74, 6) is 0.902. The molecule has 0 unspecified atom stereocenters. The average molecular weight is 325 g/mol. The van der Waals surface area contributed by atoms with Crippen LogP contribution in [-0.2, 0) is 0 Å². The standard InChI is InChI=1S/C16H15N5OS/c22-16(14-10-23-11-17-14)21-7-5-20(6-8-21)15-13-4-2-1-3-12(13)9-18-19-15/h1-4,9-11H,5-8H2. The molecular formula is C16H15N5OS. The number of aromatic nitrogens is 3. The van der Waals surface area contributed by atoms with Crippen molar-refractivity contribution in [2.75, 3.05) is 31.1 Å². The molecule has 23 heavy (non-hydrogen) atoms. The number of carbonyl (C=O) groups excluding carboxylic acids is 1. The molecular weight excluding hydrogens is 310 g/mol. The van der Waals surface area contributed by atoms with E-state index in [2.05, 4.69) is 26.1 Å².